The standard InChI is InChI=1S/C11H12BrNO3.ClH/c1-2-3-9(13)7-4-6(11(15)16)5-8(12)10(7)14;/h2,4-5,9,14H,1,3,13H2,(H,15,16);1H/t9-;/m1./s1. The zero-order chi connectivity index (χ0) is 12.3. The molecule has 0 saturated heterocycles. The third-order valence-electron chi connectivity index (χ3n) is 2.16. The summed E-state index contributed by atoms with van der Waals surface area (Å²) in [5.41, 5.74) is 6.28. The summed E-state index contributed by atoms with van der Waals surface area (Å²) in [5, 5.41) is 18.6. The summed E-state index contributed by atoms with van der Waals surface area (Å²) >= 11 is 3.09. The van der Waals surface area contributed by atoms with Gasteiger partial charge in [-0.1, -0.05) is 6.08 Å². The number of hydrogen-bond acceptors (Lipinski definition) is 3. The van der Waals surface area contributed by atoms with Crippen LogP contribution in [0.25, 0.3) is 0 Å². The topological polar surface area (TPSA) is 83.6 Å². The van der Waals surface area contributed by atoms with Crippen LogP contribution in [0, 0.1) is 0 Å². The first kappa shape index (κ1) is 16.0. The molecule has 0 aromatic heterocycles. The van der Waals surface area contributed by atoms with E-state index in [1.165, 1.54) is 12.1 Å². The van der Waals surface area contributed by atoms with Crippen LogP contribution in [-0.2, 0) is 0 Å². The fourth-order valence-electron chi connectivity index (χ4n) is 1.33. The molecule has 0 aliphatic carbocycles. The Morgan fingerprint density at radius 1 is 1.59 bits per heavy atom. The molecule has 0 aliphatic heterocycles. The van der Waals surface area contributed by atoms with Crippen LogP contribution in [0.4, 0.5) is 0 Å². The van der Waals surface area contributed by atoms with Gasteiger partial charge in [-0.3, -0.25) is 0 Å². The van der Waals surface area contributed by atoms with Crippen LogP contribution in [0.1, 0.15) is 28.4 Å². The summed E-state index contributed by atoms with van der Waals surface area (Å²) < 4.78 is 0.321. The number of carbonyl (C=O) groups is 1. The van der Waals surface area contributed by atoms with Crippen LogP contribution in [-0.4, -0.2) is 16.2 Å². The predicted octanol–water partition coefficient (Wildman–Crippen LogP) is 2.85. The Morgan fingerprint density at radius 3 is 2.65 bits per heavy atom. The summed E-state index contributed by atoms with van der Waals surface area (Å²) in [4.78, 5) is 10.8. The molecular formula is C11H13BrClNO3. The van der Waals surface area contributed by atoms with E-state index < -0.39 is 12.0 Å². The maximum atomic E-state index is 10.8. The highest BCUT2D eigenvalue weighted by molar-refractivity contribution is 9.10. The van der Waals surface area contributed by atoms with Gasteiger partial charge in [-0.05, 0) is 34.5 Å². The minimum Gasteiger partial charge on any atom is -0.506 e. The van der Waals surface area contributed by atoms with E-state index in [0.717, 1.165) is 0 Å². The molecule has 1 atom stereocenters. The number of phenolic OH excluding ortho intramolecular Hbond substituents is 1. The van der Waals surface area contributed by atoms with Crippen LogP contribution < -0.4 is 5.73 Å². The summed E-state index contributed by atoms with van der Waals surface area (Å²) in [6.45, 7) is 3.55. The molecule has 0 amide bonds. The number of halogens is 2. The van der Waals surface area contributed by atoms with Crippen LogP contribution >= 0.6 is 28.3 Å². The van der Waals surface area contributed by atoms with Gasteiger partial charge in [0.15, 0.2) is 0 Å². The fourth-order valence-corrected chi connectivity index (χ4v) is 1.81. The lowest BCUT2D eigenvalue weighted by Crippen LogP contribution is -2.11. The van der Waals surface area contributed by atoms with Crippen LogP contribution in [0.3, 0.4) is 0 Å². The fraction of sp³-hybridized carbons (Fsp3) is 0.182. The first-order chi connectivity index (χ1) is 7.47. The Morgan fingerprint density at radius 2 is 2.18 bits per heavy atom. The van der Waals surface area contributed by atoms with Gasteiger partial charge in [0.2, 0.25) is 0 Å². The molecule has 0 spiro atoms. The molecule has 0 aliphatic rings. The van der Waals surface area contributed by atoms with Gasteiger partial charge in [0.25, 0.3) is 0 Å². The summed E-state index contributed by atoms with van der Waals surface area (Å²) in [6, 6.07) is 2.24. The van der Waals surface area contributed by atoms with Crippen molar-refractivity contribution in [3.63, 3.8) is 0 Å². The third kappa shape index (κ3) is 3.73. The van der Waals surface area contributed by atoms with E-state index in [9.17, 15) is 9.90 Å². The first-order valence-corrected chi connectivity index (χ1v) is 5.38. The van der Waals surface area contributed by atoms with Crippen molar-refractivity contribution in [3.05, 3.63) is 40.4 Å². The number of carboxylic acid groups (broad SMARTS) is 1. The van der Waals surface area contributed by atoms with Crippen molar-refractivity contribution >= 4 is 34.3 Å². The molecule has 0 radical (unpaired) electrons. The summed E-state index contributed by atoms with van der Waals surface area (Å²) in [6.07, 6.45) is 2.08. The van der Waals surface area contributed by atoms with Crippen molar-refractivity contribution in [2.24, 2.45) is 5.73 Å². The van der Waals surface area contributed by atoms with E-state index in [2.05, 4.69) is 22.5 Å². The average molecular weight is 323 g/mol. The molecule has 6 heteroatoms. The molecule has 1 aromatic rings. The number of rotatable bonds is 4. The van der Waals surface area contributed by atoms with E-state index in [1.807, 2.05) is 0 Å². The predicted molar refractivity (Wildman–Crippen MR) is 71.8 cm³/mol. The van der Waals surface area contributed by atoms with Gasteiger partial charge < -0.3 is 15.9 Å². The number of benzene rings is 1. The van der Waals surface area contributed by atoms with E-state index in [-0.39, 0.29) is 23.7 Å². The summed E-state index contributed by atoms with van der Waals surface area (Å²) in [7, 11) is 0. The molecule has 0 saturated carbocycles. The quantitative estimate of drug-likeness (QED) is 0.744. The first-order valence-electron chi connectivity index (χ1n) is 4.59. The molecule has 4 nitrogen and oxygen atoms in total. The largest absolute Gasteiger partial charge is 0.506 e. The number of nitrogens with two attached hydrogens (primary N) is 1. The Labute approximate surface area is 114 Å². The molecule has 17 heavy (non-hydrogen) atoms. The van der Waals surface area contributed by atoms with Gasteiger partial charge in [0.05, 0.1) is 10.0 Å². The molecule has 4 N–H and O–H groups in total. The maximum Gasteiger partial charge on any atom is 0.335 e. The second-order valence-corrected chi connectivity index (χ2v) is 4.19. The molecule has 1 rings (SSSR count). The van der Waals surface area contributed by atoms with Gasteiger partial charge in [-0.25, -0.2) is 4.79 Å². The maximum absolute atomic E-state index is 10.8. The van der Waals surface area contributed by atoms with Crippen molar-refractivity contribution in [1.82, 2.24) is 0 Å². The minimum atomic E-state index is -1.06. The number of phenols is 1. The van der Waals surface area contributed by atoms with Crippen molar-refractivity contribution in [3.8, 4) is 5.75 Å². The van der Waals surface area contributed by atoms with Crippen LogP contribution in [0.5, 0.6) is 5.75 Å². The van der Waals surface area contributed by atoms with E-state index in [4.69, 9.17) is 10.8 Å². The highest BCUT2D eigenvalue weighted by Gasteiger charge is 2.16. The summed E-state index contributed by atoms with van der Waals surface area (Å²) in [5.74, 6) is -1.09. The van der Waals surface area contributed by atoms with Crippen molar-refractivity contribution in [2.45, 2.75) is 12.5 Å². The Kier molecular flexibility index (Phi) is 6.23. The van der Waals surface area contributed by atoms with Gasteiger partial charge in [-0.2, -0.15) is 0 Å². The van der Waals surface area contributed by atoms with E-state index in [0.29, 0.717) is 16.5 Å². The minimum absolute atomic E-state index is 0. The van der Waals surface area contributed by atoms with E-state index in [1.54, 1.807) is 6.08 Å². The zero-order valence-corrected chi connectivity index (χ0v) is 11.3. The SMILES string of the molecule is C=CC[C@@H](N)c1cc(C(=O)O)cc(Br)c1O.Cl. The van der Waals surface area contributed by atoms with Gasteiger partial charge in [0, 0.05) is 11.6 Å². The molecule has 94 valence electrons. The number of aromatic carboxylic acids is 1. The molecule has 0 fully saturated rings. The third-order valence-corrected chi connectivity index (χ3v) is 2.76. The Balaban J connectivity index is 0.00000256. The Bertz CT molecular complexity index is 437. The second-order valence-electron chi connectivity index (χ2n) is 3.33. The number of aromatic hydroxyl groups is 1. The molecule has 1 aromatic carbocycles. The van der Waals surface area contributed by atoms with E-state index >= 15 is 0 Å². The highest BCUT2D eigenvalue weighted by Crippen LogP contribution is 2.33. The zero-order valence-electron chi connectivity index (χ0n) is 8.89. The number of carboxylic acids is 1. The van der Waals surface area contributed by atoms with Crippen LogP contribution in [0.15, 0.2) is 29.3 Å². The second kappa shape index (κ2) is 6.64. The monoisotopic (exact) mass is 321 g/mol. The smallest absolute Gasteiger partial charge is 0.335 e. The number of hydrogen-bond donors (Lipinski definition) is 3. The highest BCUT2D eigenvalue weighted by atomic mass is 79.9. The lowest BCUT2D eigenvalue weighted by molar-refractivity contribution is 0.0696. The van der Waals surface area contributed by atoms with Gasteiger partial charge in [0.1, 0.15) is 5.75 Å². The molecule has 0 bridgehead atoms. The van der Waals surface area contributed by atoms with Crippen molar-refractivity contribution < 1.29 is 15.0 Å². The lowest BCUT2D eigenvalue weighted by atomic mass is 10.0. The van der Waals surface area contributed by atoms with Gasteiger partial charge in [-0.15, -0.1) is 19.0 Å². The lowest BCUT2D eigenvalue weighted by Gasteiger charge is -2.13. The molecule has 0 heterocycles. The average Bonchev–Trinajstić information content (AvgIpc) is 2.21. The molecule has 0 unspecified atom stereocenters. The van der Waals surface area contributed by atoms with Crippen LogP contribution in [0.2, 0.25) is 0 Å². The molecular weight excluding hydrogens is 309 g/mol. The van der Waals surface area contributed by atoms with Crippen molar-refractivity contribution in [2.75, 3.05) is 0 Å². The van der Waals surface area contributed by atoms with Crippen molar-refractivity contribution in [1.29, 1.82) is 0 Å². The van der Waals surface area contributed by atoms with Gasteiger partial charge >= 0.3 is 5.97 Å². The normalized spacial score (nSPS) is 11.4. The Hall–Kier alpha value is -1.04.